The molecule has 1 atom stereocenters. The van der Waals surface area contributed by atoms with Crippen LogP contribution in [0.3, 0.4) is 0 Å². The molecule has 1 heterocycles. The van der Waals surface area contributed by atoms with Crippen LogP contribution in [0.2, 0.25) is 0 Å². The van der Waals surface area contributed by atoms with Gasteiger partial charge in [0, 0.05) is 22.4 Å². The van der Waals surface area contributed by atoms with E-state index in [9.17, 15) is 14.4 Å². The smallest absolute Gasteiger partial charge is 0.249 e. The Labute approximate surface area is 234 Å². The molecule has 4 rings (SSSR count). The molecule has 0 fully saturated rings. The summed E-state index contributed by atoms with van der Waals surface area (Å²) in [6.07, 6.45) is 0.678. The SMILES string of the molecule is CCOc1ccccc1[C@@H](C(=O)NC(C)(C)CC)N(C(=O)Cn1nnc2ccccc21)c1cccc(C(C)=O)c1. The molecular formula is C31H35N5O4. The van der Waals surface area contributed by atoms with Crippen molar-refractivity contribution in [2.45, 2.75) is 59.2 Å². The second-order valence-electron chi connectivity index (χ2n) is 10.2. The van der Waals surface area contributed by atoms with Gasteiger partial charge in [0.1, 0.15) is 23.9 Å². The summed E-state index contributed by atoms with van der Waals surface area (Å²) in [5.41, 5.74) is 2.17. The lowest BCUT2D eigenvalue weighted by atomic mass is 9.97. The highest BCUT2D eigenvalue weighted by atomic mass is 16.5. The van der Waals surface area contributed by atoms with Crippen molar-refractivity contribution in [1.82, 2.24) is 20.3 Å². The molecule has 0 aliphatic rings. The van der Waals surface area contributed by atoms with E-state index in [0.717, 1.165) is 0 Å². The highest BCUT2D eigenvalue weighted by molar-refractivity contribution is 6.03. The summed E-state index contributed by atoms with van der Waals surface area (Å²) in [5.74, 6) is -0.438. The van der Waals surface area contributed by atoms with Crippen LogP contribution in [0.5, 0.6) is 5.75 Å². The van der Waals surface area contributed by atoms with Crippen LogP contribution < -0.4 is 15.0 Å². The predicted octanol–water partition coefficient (Wildman–Crippen LogP) is 5.11. The lowest BCUT2D eigenvalue weighted by Gasteiger charge is -2.35. The molecule has 0 saturated heterocycles. The Hall–Kier alpha value is -4.53. The van der Waals surface area contributed by atoms with E-state index in [2.05, 4.69) is 15.6 Å². The Morgan fingerprint density at radius 1 is 1.00 bits per heavy atom. The van der Waals surface area contributed by atoms with Crippen LogP contribution in [0.15, 0.2) is 72.8 Å². The zero-order chi connectivity index (χ0) is 28.9. The quantitative estimate of drug-likeness (QED) is 0.265. The number of hydrogen-bond donors (Lipinski definition) is 1. The summed E-state index contributed by atoms with van der Waals surface area (Å²) in [6.45, 7) is 9.37. The first-order chi connectivity index (χ1) is 19.1. The lowest BCUT2D eigenvalue weighted by molar-refractivity contribution is -0.128. The molecule has 0 unspecified atom stereocenters. The van der Waals surface area contributed by atoms with E-state index < -0.39 is 17.5 Å². The molecular weight excluding hydrogens is 506 g/mol. The molecule has 0 bridgehead atoms. The van der Waals surface area contributed by atoms with Crippen LogP contribution in [0.4, 0.5) is 5.69 Å². The Kier molecular flexibility index (Phi) is 8.62. The van der Waals surface area contributed by atoms with Crippen molar-refractivity contribution in [2.24, 2.45) is 0 Å². The summed E-state index contributed by atoms with van der Waals surface area (Å²) in [5, 5.41) is 11.5. The maximum atomic E-state index is 14.3. The third-order valence-corrected chi connectivity index (χ3v) is 6.87. The summed E-state index contributed by atoms with van der Waals surface area (Å²) >= 11 is 0. The number of carbonyl (C=O) groups is 3. The number of anilines is 1. The van der Waals surface area contributed by atoms with Crippen LogP contribution >= 0.6 is 0 Å². The number of ether oxygens (including phenoxy) is 1. The van der Waals surface area contributed by atoms with Gasteiger partial charge < -0.3 is 10.1 Å². The van der Waals surface area contributed by atoms with Crippen molar-refractivity contribution in [3.63, 3.8) is 0 Å². The van der Waals surface area contributed by atoms with Crippen molar-refractivity contribution >= 4 is 34.3 Å². The number of aromatic nitrogens is 3. The van der Waals surface area contributed by atoms with E-state index >= 15 is 0 Å². The van der Waals surface area contributed by atoms with Gasteiger partial charge in [-0.25, -0.2) is 4.68 Å². The van der Waals surface area contributed by atoms with Gasteiger partial charge in [0.15, 0.2) is 5.78 Å². The van der Waals surface area contributed by atoms with Crippen LogP contribution in [-0.4, -0.2) is 44.7 Å². The number of hydrogen-bond acceptors (Lipinski definition) is 6. The standard InChI is InChI=1S/C31H35N5O4/c1-6-31(4,5)32-30(39)29(24-15-8-11-18-27(24)40-7-2)36(23-14-12-13-22(19-23)21(3)37)28(38)20-35-26-17-10-9-16-25(26)33-34-35/h8-19,29H,6-7,20H2,1-5H3,(H,32,39)/t29-/m0/s1. The Morgan fingerprint density at radius 2 is 1.73 bits per heavy atom. The normalized spacial score (nSPS) is 12.1. The van der Waals surface area contributed by atoms with Crippen molar-refractivity contribution in [2.75, 3.05) is 11.5 Å². The topological polar surface area (TPSA) is 106 Å². The second-order valence-corrected chi connectivity index (χ2v) is 10.2. The molecule has 0 saturated carbocycles. The number of carbonyl (C=O) groups excluding carboxylic acids is 3. The minimum Gasteiger partial charge on any atom is -0.493 e. The van der Waals surface area contributed by atoms with E-state index in [1.807, 2.05) is 64.1 Å². The first-order valence-corrected chi connectivity index (χ1v) is 13.4. The van der Waals surface area contributed by atoms with E-state index in [1.54, 1.807) is 36.4 Å². The van der Waals surface area contributed by atoms with Gasteiger partial charge in [0.05, 0.1) is 12.1 Å². The number of Topliss-reactive ketones (excluding diaryl/α,β-unsaturated/α-hetero) is 1. The molecule has 1 aromatic heterocycles. The fourth-order valence-corrected chi connectivity index (χ4v) is 4.43. The molecule has 2 amide bonds. The fourth-order valence-electron chi connectivity index (χ4n) is 4.43. The summed E-state index contributed by atoms with van der Waals surface area (Å²) in [7, 11) is 0. The number of amides is 2. The van der Waals surface area contributed by atoms with Gasteiger partial charge in [-0.1, -0.05) is 54.6 Å². The summed E-state index contributed by atoms with van der Waals surface area (Å²) < 4.78 is 7.43. The molecule has 3 aromatic carbocycles. The zero-order valence-electron chi connectivity index (χ0n) is 23.5. The van der Waals surface area contributed by atoms with Gasteiger partial charge >= 0.3 is 0 Å². The average Bonchev–Trinajstić information content (AvgIpc) is 3.34. The molecule has 0 radical (unpaired) electrons. The lowest BCUT2D eigenvalue weighted by Crippen LogP contribution is -2.51. The Balaban J connectivity index is 1.90. The first-order valence-electron chi connectivity index (χ1n) is 13.4. The predicted molar refractivity (Wildman–Crippen MR) is 154 cm³/mol. The molecule has 9 nitrogen and oxygen atoms in total. The Morgan fingerprint density at radius 3 is 2.45 bits per heavy atom. The molecule has 0 spiro atoms. The van der Waals surface area contributed by atoms with E-state index in [4.69, 9.17) is 4.74 Å². The maximum absolute atomic E-state index is 14.3. The minimum absolute atomic E-state index is 0.153. The van der Waals surface area contributed by atoms with Gasteiger partial charge in [-0.3, -0.25) is 19.3 Å². The maximum Gasteiger partial charge on any atom is 0.249 e. The second kappa shape index (κ2) is 12.1. The van der Waals surface area contributed by atoms with Crippen molar-refractivity contribution in [3.05, 3.63) is 83.9 Å². The van der Waals surface area contributed by atoms with E-state index in [-0.39, 0.29) is 18.2 Å². The molecule has 208 valence electrons. The van der Waals surface area contributed by atoms with Gasteiger partial charge in [-0.2, -0.15) is 0 Å². The highest BCUT2D eigenvalue weighted by Gasteiger charge is 2.37. The minimum atomic E-state index is -1.10. The van der Waals surface area contributed by atoms with Crippen LogP contribution in [0.25, 0.3) is 11.0 Å². The summed E-state index contributed by atoms with van der Waals surface area (Å²) in [6, 6.07) is 20.2. The number of fused-ring (bicyclic) bond motifs is 1. The highest BCUT2D eigenvalue weighted by Crippen LogP contribution is 2.35. The average molecular weight is 542 g/mol. The fraction of sp³-hybridized carbons (Fsp3) is 0.323. The number of nitrogens with zero attached hydrogens (tertiary/aromatic N) is 4. The van der Waals surface area contributed by atoms with Gasteiger partial charge in [0.25, 0.3) is 0 Å². The van der Waals surface area contributed by atoms with Crippen LogP contribution in [-0.2, 0) is 16.1 Å². The van der Waals surface area contributed by atoms with E-state index in [0.29, 0.717) is 46.6 Å². The Bertz CT molecular complexity index is 1530. The van der Waals surface area contributed by atoms with Crippen molar-refractivity contribution in [1.29, 1.82) is 0 Å². The third-order valence-electron chi connectivity index (χ3n) is 6.87. The number of ketones is 1. The number of rotatable bonds is 11. The molecule has 0 aliphatic carbocycles. The van der Waals surface area contributed by atoms with E-state index in [1.165, 1.54) is 16.5 Å². The first kappa shape index (κ1) is 28.5. The third kappa shape index (κ3) is 6.20. The molecule has 40 heavy (non-hydrogen) atoms. The molecule has 4 aromatic rings. The van der Waals surface area contributed by atoms with Gasteiger partial charge in [-0.05, 0) is 64.4 Å². The number of benzene rings is 3. The zero-order valence-corrected chi connectivity index (χ0v) is 23.5. The molecule has 9 heteroatoms. The molecule has 1 N–H and O–H groups in total. The molecule has 0 aliphatic heterocycles. The summed E-state index contributed by atoms with van der Waals surface area (Å²) in [4.78, 5) is 42.2. The van der Waals surface area contributed by atoms with Gasteiger partial charge in [-0.15, -0.1) is 5.10 Å². The largest absolute Gasteiger partial charge is 0.493 e. The van der Waals surface area contributed by atoms with Gasteiger partial charge in [0.2, 0.25) is 11.8 Å². The van der Waals surface area contributed by atoms with Crippen LogP contribution in [0.1, 0.15) is 63.0 Å². The number of nitrogens with one attached hydrogen (secondary N) is 1. The monoisotopic (exact) mass is 541 g/mol. The van der Waals surface area contributed by atoms with Crippen molar-refractivity contribution in [3.8, 4) is 5.75 Å². The van der Waals surface area contributed by atoms with Crippen LogP contribution in [0, 0.1) is 0 Å². The van der Waals surface area contributed by atoms with Crippen molar-refractivity contribution < 1.29 is 19.1 Å². The number of para-hydroxylation sites is 2.